The summed E-state index contributed by atoms with van der Waals surface area (Å²) < 4.78 is 19.1. The summed E-state index contributed by atoms with van der Waals surface area (Å²) in [6, 6.07) is 7.43. The third kappa shape index (κ3) is 3.76. The molecule has 0 amide bonds. The van der Waals surface area contributed by atoms with Gasteiger partial charge in [0.2, 0.25) is 0 Å². The Morgan fingerprint density at radius 3 is 2.26 bits per heavy atom. The summed E-state index contributed by atoms with van der Waals surface area (Å²) in [5.41, 5.74) is 0.781. The number of ether oxygens (including phenoxy) is 1. The monoisotopic (exact) mass is 382 g/mol. The van der Waals surface area contributed by atoms with Crippen molar-refractivity contribution in [3.8, 4) is 5.75 Å². The van der Waals surface area contributed by atoms with Gasteiger partial charge >= 0.3 is 0 Å². The average molecular weight is 384 g/mol. The van der Waals surface area contributed by atoms with Crippen LogP contribution >= 0.6 is 50.7 Å². The van der Waals surface area contributed by atoms with Crippen LogP contribution in [0.5, 0.6) is 5.75 Å². The highest BCUT2D eigenvalue weighted by atomic mass is 79.9. The average Bonchev–Trinajstić information content (AvgIpc) is 2.30. The van der Waals surface area contributed by atoms with Gasteiger partial charge in [-0.1, -0.05) is 56.8 Å². The van der Waals surface area contributed by atoms with E-state index in [1.54, 1.807) is 18.2 Å². The molecule has 0 aromatic heterocycles. The van der Waals surface area contributed by atoms with Gasteiger partial charge in [-0.3, -0.25) is 0 Å². The second-order valence-electron chi connectivity index (χ2n) is 3.72. The molecule has 0 fully saturated rings. The SMILES string of the molecule is Fc1ccc(COc2c(Cl)cc(Cl)cc2Cl)c(Br)c1. The summed E-state index contributed by atoms with van der Waals surface area (Å²) in [5.74, 6) is 0.0298. The van der Waals surface area contributed by atoms with Crippen LogP contribution in [-0.2, 0) is 6.61 Å². The van der Waals surface area contributed by atoms with Crippen molar-refractivity contribution >= 4 is 50.7 Å². The molecule has 0 aliphatic rings. The Morgan fingerprint density at radius 2 is 1.68 bits per heavy atom. The molecule has 0 saturated carbocycles. The van der Waals surface area contributed by atoms with E-state index in [2.05, 4.69) is 15.9 Å². The fraction of sp³-hybridized carbons (Fsp3) is 0.0769. The van der Waals surface area contributed by atoms with Gasteiger partial charge in [0, 0.05) is 15.1 Å². The van der Waals surface area contributed by atoms with Crippen molar-refractivity contribution in [1.29, 1.82) is 0 Å². The van der Waals surface area contributed by atoms with Gasteiger partial charge in [0.1, 0.15) is 12.4 Å². The van der Waals surface area contributed by atoms with Gasteiger partial charge in [-0.2, -0.15) is 0 Å². The molecule has 0 heterocycles. The van der Waals surface area contributed by atoms with E-state index in [1.165, 1.54) is 12.1 Å². The van der Waals surface area contributed by atoms with Crippen molar-refractivity contribution in [3.63, 3.8) is 0 Å². The van der Waals surface area contributed by atoms with Crippen LogP contribution in [0.4, 0.5) is 4.39 Å². The molecular weight excluding hydrogens is 377 g/mol. The number of rotatable bonds is 3. The van der Waals surface area contributed by atoms with Crippen molar-refractivity contribution < 1.29 is 9.13 Å². The van der Waals surface area contributed by atoms with Crippen LogP contribution in [0.2, 0.25) is 15.1 Å². The lowest BCUT2D eigenvalue weighted by molar-refractivity contribution is 0.305. The molecule has 0 aliphatic heterocycles. The maximum Gasteiger partial charge on any atom is 0.157 e. The zero-order valence-electron chi connectivity index (χ0n) is 9.39. The number of halogens is 5. The molecule has 100 valence electrons. The maximum absolute atomic E-state index is 13.0. The highest BCUT2D eigenvalue weighted by Gasteiger charge is 2.10. The lowest BCUT2D eigenvalue weighted by Gasteiger charge is -2.11. The molecule has 6 heteroatoms. The van der Waals surface area contributed by atoms with Crippen molar-refractivity contribution in [2.45, 2.75) is 6.61 Å². The zero-order valence-corrected chi connectivity index (χ0v) is 13.2. The lowest BCUT2D eigenvalue weighted by atomic mass is 10.2. The second-order valence-corrected chi connectivity index (χ2v) is 5.83. The minimum Gasteiger partial charge on any atom is -0.486 e. The second kappa shape index (κ2) is 6.31. The predicted molar refractivity (Wildman–Crippen MR) is 79.9 cm³/mol. The number of benzene rings is 2. The van der Waals surface area contributed by atoms with Crippen molar-refractivity contribution in [3.05, 3.63) is 61.3 Å². The summed E-state index contributed by atoms with van der Waals surface area (Å²) in [7, 11) is 0. The zero-order chi connectivity index (χ0) is 14.0. The first-order valence-corrected chi connectivity index (χ1v) is 7.11. The number of hydrogen-bond acceptors (Lipinski definition) is 1. The fourth-order valence-corrected chi connectivity index (χ4v) is 2.85. The Hall–Kier alpha value is -0.480. The van der Waals surface area contributed by atoms with Crippen LogP contribution in [0.3, 0.4) is 0 Å². The molecule has 0 radical (unpaired) electrons. The van der Waals surface area contributed by atoms with Crippen LogP contribution in [0.1, 0.15) is 5.56 Å². The molecule has 0 spiro atoms. The topological polar surface area (TPSA) is 9.23 Å². The molecule has 0 N–H and O–H groups in total. The summed E-state index contributed by atoms with van der Waals surface area (Å²) >= 11 is 21.1. The highest BCUT2D eigenvalue weighted by molar-refractivity contribution is 9.10. The van der Waals surface area contributed by atoms with E-state index in [0.29, 0.717) is 25.3 Å². The fourth-order valence-electron chi connectivity index (χ4n) is 1.46. The quantitative estimate of drug-likeness (QED) is 0.619. The van der Waals surface area contributed by atoms with Crippen LogP contribution in [0, 0.1) is 5.82 Å². The Labute approximate surface area is 133 Å². The smallest absolute Gasteiger partial charge is 0.157 e. The maximum atomic E-state index is 13.0. The Kier molecular flexibility index (Phi) is 4.96. The van der Waals surface area contributed by atoms with Gasteiger partial charge in [0.15, 0.2) is 5.75 Å². The summed E-state index contributed by atoms with van der Waals surface area (Å²) in [5, 5.41) is 1.09. The van der Waals surface area contributed by atoms with Crippen LogP contribution in [0.15, 0.2) is 34.8 Å². The van der Waals surface area contributed by atoms with Gasteiger partial charge in [-0.05, 0) is 24.3 Å². The normalized spacial score (nSPS) is 10.6. The third-order valence-corrected chi connectivity index (χ3v) is 3.87. The van der Waals surface area contributed by atoms with Crippen molar-refractivity contribution in [1.82, 2.24) is 0 Å². The minimum absolute atomic E-state index is 0.210. The molecule has 0 bridgehead atoms. The van der Waals surface area contributed by atoms with E-state index < -0.39 is 0 Å². The van der Waals surface area contributed by atoms with Gasteiger partial charge in [-0.25, -0.2) is 4.39 Å². The standard InChI is InChI=1S/C13H7BrCl3FO/c14-10-5-9(18)2-1-7(10)6-19-13-11(16)3-8(15)4-12(13)17/h1-5H,6H2. The largest absolute Gasteiger partial charge is 0.486 e. The first-order valence-electron chi connectivity index (χ1n) is 5.18. The van der Waals surface area contributed by atoms with E-state index in [9.17, 15) is 4.39 Å². The third-order valence-electron chi connectivity index (χ3n) is 2.35. The molecule has 1 nitrogen and oxygen atoms in total. The van der Waals surface area contributed by atoms with E-state index in [0.717, 1.165) is 5.56 Å². The van der Waals surface area contributed by atoms with Crippen LogP contribution in [-0.4, -0.2) is 0 Å². The molecular formula is C13H7BrCl3FO. The minimum atomic E-state index is -0.321. The van der Waals surface area contributed by atoms with Crippen LogP contribution in [0.25, 0.3) is 0 Å². The molecule has 2 rings (SSSR count). The summed E-state index contributed by atoms with van der Waals surface area (Å²) in [4.78, 5) is 0. The van der Waals surface area contributed by atoms with E-state index in [4.69, 9.17) is 39.5 Å². The van der Waals surface area contributed by atoms with Crippen molar-refractivity contribution in [2.24, 2.45) is 0 Å². The molecule has 2 aromatic carbocycles. The molecule has 2 aromatic rings. The lowest BCUT2D eigenvalue weighted by Crippen LogP contribution is -1.98. The Balaban J connectivity index is 2.19. The van der Waals surface area contributed by atoms with E-state index >= 15 is 0 Å². The van der Waals surface area contributed by atoms with Crippen LogP contribution < -0.4 is 4.74 Å². The Bertz CT molecular complexity index is 596. The molecule has 0 aliphatic carbocycles. The van der Waals surface area contributed by atoms with Gasteiger partial charge < -0.3 is 4.74 Å². The first kappa shape index (κ1) is 14.9. The first-order chi connectivity index (χ1) is 8.97. The number of hydrogen-bond donors (Lipinski definition) is 0. The molecule has 0 saturated heterocycles. The summed E-state index contributed by atoms with van der Waals surface area (Å²) in [6.45, 7) is 0.210. The van der Waals surface area contributed by atoms with Crippen molar-refractivity contribution in [2.75, 3.05) is 0 Å². The molecule has 0 atom stereocenters. The van der Waals surface area contributed by atoms with Gasteiger partial charge in [0.05, 0.1) is 10.0 Å². The van der Waals surface area contributed by atoms with Gasteiger partial charge in [-0.15, -0.1) is 0 Å². The van der Waals surface area contributed by atoms with Gasteiger partial charge in [0.25, 0.3) is 0 Å². The predicted octanol–water partition coefficient (Wildman–Crippen LogP) is 6.13. The summed E-state index contributed by atoms with van der Waals surface area (Å²) in [6.07, 6.45) is 0. The van der Waals surface area contributed by atoms with E-state index in [-0.39, 0.29) is 12.4 Å². The molecule has 19 heavy (non-hydrogen) atoms. The molecule has 0 unspecified atom stereocenters. The Morgan fingerprint density at radius 1 is 1.05 bits per heavy atom. The highest BCUT2D eigenvalue weighted by Crippen LogP contribution is 2.36. The van der Waals surface area contributed by atoms with E-state index in [1.807, 2.05) is 0 Å².